The molecule has 204 valence electrons. The number of sulfonamides is 1. The number of rotatable bonds is 11. The number of hydrogen-bond acceptors (Lipinski definition) is 5. The fourth-order valence-corrected chi connectivity index (χ4v) is 5.32. The Labute approximate surface area is 221 Å². The maximum Gasteiger partial charge on any atom is 0.335 e. The molecule has 7 nitrogen and oxygen atoms in total. The van der Waals surface area contributed by atoms with Gasteiger partial charge in [0.2, 0.25) is 10.0 Å². The highest BCUT2D eigenvalue weighted by Gasteiger charge is 2.25. The number of benzene rings is 3. The van der Waals surface area contributed by atoms with Crippen LogP contribution in [0.3, 0.4) is 0 Å². The number of halogens is 2. The average Bonchev–Trinajstić information content (AvgIpc) is 2.84. The van der Waals surface area contributed by atoms with E-state index in [0.29, 0.717) is 17.5 Å². The van der Waals surface area contributed by atoms with Gasteiger partial charge in [-0.25, -0.2) is 22.0 Å². The minimum Gasteiger partial charge on any atom is -0.478 e. The van der Waals surface area contributed by atoms with E-state index < -0.39 is 33.5 Å². The zero-order valence-electron chi connectivity index (χ0n) is 21.7. The zero-order chi connectivity index (χ0) is 28.3. The fourth-order valence-electron chi connectivity index (χ4n) is 4.07. The predicted octanol–water partition coefficient (Wildman–Crippen LogP) is 4.23. The number of aryl methyl sites for hydroxylation is 1. The normalized spacial score (nSPS) is 13.1. The molecule has 0 spiro atoms. The van der Waals surface area contributed by atoms with Crippen LogP contribution < -0.4 is 5.32 Å². The Hall–Kier alpha value is -3.18. The molecule has 3 aromatic carbocycles. The van der Waals surface area contributed by atoms with Gasteiger partial charge in [-0.1, -0.05) is 24.3 Å². The van der Waals surface area contributed by atoms with Gasteiger partial charge in [0.25, 0.3) is 0 Å². The van der Waals surface area contributed by atoms with Crippen molar-refractivity contribution in [1.29, 1.82) is 0 Å². The van der Waals surface area contributed by atoms with Crippen LogP contribution in [0.4, 0.5) is 8.78 Å². The van der Waals surface area contributed by atoms with Crippen LogP contribution >= 0.6 is 0 Å². The third-order valence-electron chi connectivity index (χ3n) is 6.19. The van der Waals surface area contributed by atoms with Gasteiger partial charge < -0.3 is 15.5 Å². The fraction of sp³-hybridized carbons (Fsp3) is 0.321. The van der Waals surface area contributed by atoms with Gasteiger partial charge in [-0.3, -0.25) is 0 Å². The summed E-state index contributed by atoms with van der Waals surface area (Å²) < 4.78 is 55.2. The minimum atomic E-state index is -4.02. The number of carboxylic acid groups (broad SMARTS) is 1. The highest BCUT2D eigenvalue weighted by atomic mass is 32.2. The maximum absolute atomic E-state index is 14.0. The lowest BCUT2D eigenvalue weighted by Gasteiger charge is -2.29. The Balaban J connectivity index is 1.67. The maximum atomic E-state index is 14.0. The molecule has 3 N–H and O–H groups in total. The Morgan fingerprint density at radius 3 is 2.42 bits per heavy atom. The van der Waals surface area contributed by atoms with Crippen molar-refractivity contribution in [2.75, 3.05) is 20.1 Å². The van der Waals surface area contributed by atoms with Gasteiger partial charge in [0.05, 0.1) is 16.6 Å². The third-order valence-corrected chi connectivity index (χ3v) is 8.01. The summed E-state index contributed by atoms with van der Waals surface area (Å²) in [5, 5.41) is 23.0. The number of aromatic carboxylic acids is 1. The minimum absolute atomic E-state index is 0.0828. The lowest BCUT2D eigenvalue weighted by molar-refractivity contribution is 0.0696. The van der Waals surface area contributed by atoms with Gasteiger partial charge in [-0.15, -0.1) is 0 Å². The van der Waals surface area contributed by atoms with E-state index in [1.807, 2.05) is 19.9 Å². The number of nitrogens with one attached hydrogen (secondary N) is 1. The summed E-state index contributed by atoms with van der Waals surface area (Å²) in [6, 6.07) is 14.1. The van der Waals surface area contributed by atoms with Crippen LogP contribution in [0.25, 0.3) is 11.1 Å². The van der Waals surface area contributed by atoms with Crippen molar-refractivity contribution >= 4 is 16.0 Å². The van der Waals surface area contributed by atoms with Crippen LogP contribution in [0.5, 0.6) is 0 Å². The SMILES string of the molecule is Cc1ccc(CC(C)(C)NC[C@@H](O)CN(C)S(=O)(=O)c2cccc(-c3cc(F)cc(C(=O)O)c3)c2)cc1F. The average molecular weight is 547 g/mol. The van der Waals surface area contributed by atoms with Crippen molar-refractivity contribution < 1.29 is 32.2 Å². The molecule has 0 bridgehead atoms. The molecule has 38 heavy (non-hydrogen) atoms. The molecule has 0 saturated heterocycles. The van der Waals surface area contributed by atoms with Crippen molar-refractivity contribution in [3.8, 4) is 11.1 Å². The number of β-amino-alcohol motifs (C(OH)–C–C–N with tert-alkyl or cyclic N) is 1. The second-order valence-corrected chi connectivity index (χ2v) is 12.1. The molecule has 0 radical (unpaired) electrons. The van der Waals surface area contributed by atoms with Crippen LogP contribution in [0.15, 0.2) is 65.6 Å². The highest BCUT2D eigenvalue weighted by Crippen LogP contribution is 2.26. The van der Waals surface area contributed by atoms with E-state index in [1.165, 1.54) is 37.4 Å². The van der Waals surface area contributed by atoms with E-state index in [2.05, 4.69) is 5.32 Å². The first-order valence-corrected chi connectivity index (χ1v) is 13.4. The Morgan fingerprint density at radius 2 is 1.76 bits per heavy atom. The molecule has 0 aliphatic heterocycles. The zero-order valence-corrected chi connectivity index (χ0v) is 22.5. The van der Waals surface area contributed by atoms with Crippen LogP contribution in [0.1, 0.15) is 35.3 Å². The van der Waals surface area contributed by atoms with Crippen LogP contribution in [0.2, 0.25) is 0 Å². The number of carboxylic acids is 1. The molecular formula is C28H32F2N2O5S. The lowest BCUT2D eigenvalue weighted by atomic mass is 9.94. The number of aliphatic hydroxyl groups excluding tert-OH is 1. The van der Waals surface area contributed by atoms with Gasteiger partial charge >= 0.3 is 5.97 Å². The van der Waals surface area contributed by atoms with E-state index in [9.17, 15) is 32.2 Å². The van der Waals surface area contributed by atoms with Crippen LogP contribution in [0, 0.1) is 18.6 Å². The molecule has 1 atom stereocenters. The molecule has 3 rings (SSSR count). The van der Waals surface area contributed by atoms with E-state index >= 15 is 0 Å². The summed E-state index contributed by atoms with van der Waals surface area (Å²) in [6.45, 7) is 5.41. The molecule has 0 aliphatic rings. The number of nitrogens with zero attached hydrogens (tertiary/aromatic N) is 1. The molecule has 0 saturated carbocycles. The first kappa shape index (κ1) is 29.4. The molecule has 3 aromatic rings. The van der Waals surface area contributed by atoms with Crippen molar-refractivity contribution in [2.45, 2.75) is 43.7 Å². The quantitative estimate of drug-likeness (QED) is 0.332. The summed E-state index contributed by atoms with van der Waals surface area (Å²) in [5.74, 6) is -2.34. The van der Waals surface area contributed by atoms with E-state index in [-0.39, 0.29) is 34.9 Å². The summed E-state index contributed by atoms with van der Waals surface area (Å²) in [7, 11) is -2.68. The summed E-state index contributed by atoms with van der Waals surface area (Å²) in [4.78, 5) is 11.2. The summed E-state index contributed by atoms with van der Waals surface area (Å²) >= 11 is 0. The van der Waals surface area contributed by atoms with E-state index in [4.69, 9.17) is 0 Å². The first-order valence-electron chi connectivity index (χ1n) is 12.0. The first-order chi connectivity index (χ1) is 17.7. The predicted molar refractivity (Wildman–Crippen MR) is 142 cm³/mol. The topological polar surface area (TPSA) is 107 Å². The molecular weight excluding hydrogens is 514 g/mol. The lowest BCUT2D eigenvalue weighted by Crippen LogP contribution is -2.47. The Kier molecular flexibility index (Phi) is 9.04. The van der Waals surface area contributed by atoms with Crippen molar-refractivity contribution in [2.24, 2.45) is 0 Å². The summed E-state index contributed by atoms with van der Waals surface area (Å²) in [6.07, 6.45) is -0.532. The molecule has 0 heterocycles. The second-order valence-electron chi connectivity index (χ2n) is 10.0. The van der Waals surface area contributed by atoms with Gasteiger partial charge in [0.15, 0.2) is 0 Å². The van der Waals surface area contributed by atoms with E-state index in [1.54, 1.807) is 19.1 Å². The molecule has 0 aliphatic carbocycles. The third kappa shape index (κ3) is 7.44. The van der Waals surface area contributed by atoms with Crippen LogP contribution in [-0.2, 0) is 16.4 Å². The molecule has 0 unspecified atom stereocenters. The van der Waals surface area contributed by atoms with Crippen molar-refractivity contribution in [3.05, 3.63) is 89.0 Å². The molecule has 10 heteroatoms. The van der Waals surface area contributed by atoms with E-state index in [0.717, 1.165) is 22.0 Å². The molecule has 0 amide bonds. The Bertz CT molecular complexity index is 1430. The highest BCUT2D eigenvalue weighted by molar-refractivity contribution is 7.89. The van der Waals surface area contributed by atoms with Gasteiger partial charge in [-0.2, -0.15) is 4.31 Å². The standard InChI is InChI=1S/C28H32F2N2O5S/c1-18-8-9-19(10-26(18)30)15-28(2,3)31-16-24(33)17-32(4)38(36,37)25-7-5-6-20(14-25)21-11-22(27(34)35)13-23(29)12-21/h5-14,24,31,33H,15-17H2,1-4H3,(H,34,35)/t24-/m1/s1. The number of likely N-dealkylation sites (N-methyl/N-ethyl adjacent to an activating group) is 1. The largest absolute Gasteiger partial charge is 0.478 e. The number of carbonyl (C=O) groups is 1. The van der Waals surface area contributed by atoms with Gasteiger partial charge in [-0.05, 0) is 85.8 Å². The summed E-state index contributed by atoms with van der Waals surface area (Å²) in [5.41, 5.74) is 1.17. The van der Waals surface area contributed by atoms with Crippen molar-refractivity contribution in [3.63, 3.8) is 0 Å². The molecule has 0 aromatic heterocycles. The van der Waals surface area contributed by atoms with Crippen LogP contribution in [-0.4, -0.2) is 60.7 Å². The Morgan fingerprint density at radius 1 is 1.05 bits per heavy atom. The smallest absolute Gasteiger partial charge is 0.335 e. The number of hydrogen-bond donors (Lipinski definition) is 3. The monoisotopic (exact) mass is 546 g/mol. The second kappa shape index (κ2) is 11.7. The number of aliphatic hydroxyl groups is 1. The molecule has 0 fully saturated rings. The van der Waals surface area contributed by atoms with Gasteiger partial charge in [0.1, 0.15) is 11.6 Å². The van der Waals surface area contributed by atoms with Gasteiger partial charge in [0, 0.05) is 25.7 Å². The van der Waals surface area contributed by atoms with Crippen molar-refractivity contribution in [1.82, 2.24) is 9.62 Å².